The van der Waals surface area contributed by atoms with Gasteiger partial charge in [-0.3, -0.25) is 4.79 Å². The Kier molecular flexibility index (Phi) is 14.3. The number of nitrogens with two attached hydrogens (primary N) is 1. The lowest BCUT2D eigenvalue weighted by molar-refractivity contribution is -0.139. The van der Waals surface area contributed by atoms with Gasteiger partial charge in [0, 0.05) is 5.92 Å². The molecule has 0 saturated carbocycles. The fraction of sp³-hybridized carbons (Fsp3) is 0.484. The van der Waals surface area contributed by atoms with Crippen LogP contribution in [0, 0.1) is 17.8 Å². The van der Waals surface area contributed by atoms with E-state index in [1.807, 2.05) is 27.7 Å². The van der Waals surface area contributed by atoms with E-state index in [4.69, 9.17) is 34.2 Å². The maximum atomic E-state index is 12.5. The van der Waals surface area contributed by atoms with Gasteiger partial charge in [-0.05, 0) is 60.4 Å². The van der Waals surface area contributed by atoms with Crippen molar-refractivity contribution in [2.75, 3.05) is 19.8 Å². The number of benzene rings is 2. The summed E-state index contributed by atoms with van der Waals surface area (Å²) in [6, 6.07) is 11.0. The molecule has 0 fully saturated rings. The van der Waals surface area contributed by atoms with Crippen molar-refractivity contribution in [3.63, 3.8) is 0 Å². The van der Waals surface area contributed by atoms with Crippen molar-refractivity contribution in [2.24, 2.45) is 23.5 Å². The van der Waals surface area contributed by atoms with Crippen molar-refractivity contribution >= 4 is 24.4 Å². The lowest BCUT2D eigenvalue weighted by Gasteiger charge is -2.27. The zero-order chi connectivity index (χ0) is 31.9. The van der Waals surface area contributed by atoms with E-state index in [-0.39, 0.29) is 43.0 Å². The highest BCUT2D eigenvalue weighted by molar-refractivity contribution is 5.75. The topological polar surface area (TPSA) is 170 Å². The first kappa shape index (κ1) is 34.9. The maximum Gasteiger partial charge on any atom is 0.513 e. The second-order valence-corrected chi connectivity index (χ2v) is 10.8. The van der Waals surface area contributed by atoms with E-state index in [1.54, 1.807) is 37.3 Å². The van der Waals surface area contributed by atoms with Crippen molar-refractivity contribution in [3.05, 3.63) is 54.1 Å². The van der Waals surface area contributed by atoms with Gasteiger partial charge in [0.15, 0.2) is 11.5 Å². The number of hydrogen-bond donors (Lipinski definition) is 2. The number of carboxylic acids is 1. The number of carboxylic acid groups (broad SMARTS) is 1. The first-order valence-electron chi connectivity index (χ1n) is 14.1. The molecule has 2 rings (SSSR count). The lowest BCUT2D eigenvalue weighted by atomic mass is 9.82. The second-order valence-electron chi connectivity index (χ2n) is 10.8. The van der Waals surface area contributed by atoms with Crippen LogP contribution in [0.1, 0.15) is 58.9 Å². The highest BCUT2D eigenvalue weighted by atomic mass is 16.7. The number of carbonyl (C=O) groups is 4. The minimum absolute atomic E-state index is 0.101. The van der Waals surface area contributed by atoms with Crippen molar-refractivity contribution in [3.8, 4) is 17.2 Å². The molecule has 43 heavy (non-hydrogen) atoms. The first-order chi connectivity index (χ1) is 20.4. The number of carbonyl (C=O) groups excluding carboxylic acids is 3. The third-order valence-electron chi connectivity index (χ3n) is 6.26. The van der Waals surface area contributed by atoms with E-state index in [0.717, 1.165) is 0 Å². The predicted octanol–water partition coefficient (Wildman–Crippen LogP) is 6.16. The number of rotatable bonds is 15. The molecule has 0 bridgehead atoms. The van der Waals surface area contributed by atoms with Gasteiger partial charge in [-0.2, -0.15) is 0 Å². The van der Waals surface area contributed by atoms with Crippen LogP contribution in [0.15, 0.2) is 48.5 Å². The number of aliphatic carboxylic acids is 1. The Bertz CT molecular complexity index is 1200. The summed E-state index contributed by atoms with van der Waals surface area (Å²) in [5.41, 5.74) is 6.37. The Morgan fingerprint density at radius 3 is 1.79 bits per heavy atom. The molecule has 0 aliphatic carbocycles. The van der Waals surface area contributed by atoms with E-state index in [1.165, 1.54) is 18.2 Å². The zero-order valence-corrected chi connectivity index (χ0v) is 25.1. The van der Waals surface area contributed by atoms with E-state index >= 15 is 0 Å². The van der Waals surface area contributed by atoms with Crippen molar-refractivity contribution in [2.45, 2.75) is 59.4 Å². The molecule has 2 aromatic carbocycles. The summed E-state index contributed by atoms with van der Waals surface area (Å²) >= 11 is 0. The molecule has 0 aromatic heterocycles. The number of hydrogen-bond acceptors (Lipinski definition) is 11. The van der Waals surface area contributed by atoms with E-state index < -0.39 is 42.3 Å². The minimum atomic E-state index is -1.44. The fourth-order valence-electron chi connectivity index (χ4n) is 3.85. The molecule has 236 valence electrons. The van der Waals surface area contributed by atoms with Gasteiger partial charge in [0.25, 0.3) is 0 Å². The predicted molar refractivity (Wildman–Crippen MR) is 155 cm³/mol. The summed E-state index contributed by atoms with van der Waals surface area (Å²) in [5, 5.41) is 9.74. The van der Waals surface area contributed by atoms with Crippen LogP contribution in [0.4, 0.5) is 14.4 Å². The van der Waals surface area contributed by atoms with Crippen LogP contribution in [0.5, 0.6) is 17.2 Å². The second kappa shape index (κ2) is 17.6. The van der Waals surface area contributed by atoms with Gasteiger partial charge in [0.1, 0.15) is 11.8 Å². The SMILES string of the molecule is CC(C)CCOC(=O)Oc1ccc(C(C(C)COC(=O)Oc2ccccc2)[C@H](N)C(=O)O)cc1OC(=O)OCCC(C)C. The van der Waals surface area contributed by atoms with Crippen LogP contribution in [0.3, 0.4) is 0 Å². The number of para-hydroxylation sites is 1. The van der Waals surface area contributed by atoms with Crippen LogP contribution in [-0.4, -0.2) is 55.4 Å². The Balaban J connectivity index is 2.29. The maximum absolute atomic E-state index is 12.5. The molecule has 0 saturated heterocycles. The summed E-state index contributed by atoms with van der Waals surface area (Å²) in [7, 11) is 0. The molecule has 0 aliphatic rings. The molecule has 0 radical (unpaired) electrons. The Morgan fingerprint density at radius 2 is 1.26 bits per heavy atom. The molecule has 0 heterocycles. The molecule has 2 unspecified atom stereocenters. The quantitative estimate of drug-likeness (QED) is 0.135. The van der Waals surface area contributed by atoms with Crippen LogP contribution >= 0.6 is 0 Å². The highest BCUT2D eigenvalue weighted by Gasteiger charge is 2.33. The van der Waals surface area contributed by atoms with Crippen molar-refractivity contribution in [1.82, 2.24) is 0 Å². The van der Waals surface area contributed by atoms with Crippen LogP contribution in [-0.2, 0) is 19.0 Å². The van der Waals surface area contributed by atoms with Gasteiger partial charge in [0.05, 0.1) is 19.8 Å². The number of ether oxygens (including phenoxy) is 6. The molecule has 12 nitrogen and oxygen atoms in total. The summed E-state index contributed by atoms with van der Waals surface area (Å²) in [4.78, 5) is 48.9. The summed E-state index contributed by atoms with van der Waals surface area (Å²) < 4.78 is 31.2. The normalized spacial score (nSPS) is 13.0. The van der Waals surface area contributed by atoms with Crippen molar-refractivity contribution < 1.29 is 52.7 Å². The lowest BCUT2D eigenvalue weighted by Crippen LogP contribution is -2.40. The van der Waals surface area contributed by atoms with Gasteiger partial charge in [0.2, 0.25) is 0 Å². The minimum Gasteiger partial charge on any atom is -0.480 e. The van der Waals surface area contributed by atoms with Gasteiger partial charge in [-0.1, -0.05) is 58.9 Å². The third kappa shape index (κ3) is 12.6. The van der Waals surface area contributed by atoms with Crippen LogP contribution < -0.4 is 19.9 Å². The largest absolute Gasteiger partial charge is 0.513 e. The first-order valence-corrected chi connectivity index (χ1v) is 14.1. The van der Waals surface area contributed by atoms with Gasteiger partial charge in [-0.25, -0.2) is 14.4 Å². The van der Waals surface area contributed by atoms with Crippen LogP contribution in [0.2, 0.25) is 0 Å². The average Bonchev–Trinajstić information content (AvgIpc) is 2.93. The summed E-state index contributed by atoms with van der Waals surface area (Å²) in [6.07, 6.45) is -1.82. The van der Waals surface area contributed by atoms with Crippen LogP contribution in [0.25, 0.3) is 0 Å². The monoisotopic (exact) mass is 603 g/mol. The van der Waals surface area contributed by atoms with Gasteiger partial charge >= 0.3 is 24.4 Å². The Labute approximate surface area is 251 Å². The standard InChI is InChI=1S/C31H41NO11/c1-19(2)13-15-38-29(35)42-24-12-11-22(17-25(24)43-30(36)39-16-14-20(3)4)26(27(32)28(33)34)21(5)18-40-31(37)41-23-9-7-6-8-10-23/h6-12,17,19-21,26-27H,13-16,18,32H2,1-5H3,(H,33,34)/t21?,26?,27-/m0/s1. The van der Waals surface area contributed by atoms with Crippen molar-refractivity contribution in [1.29, 1.82) is 0 Å². The Hall–Kier alpha value is -4.32. The molecule has 0 amide bonds. The molecular weight excluding hydrogens is 562 g/mol. The summed E-state index contributed by atoms with van der Waals surface area (Å²) in [5.74, 6) is -2.41. The molecule has 3 N–H and O–H groups in total. The summed E-state index contributed by atoms with van der Waals surface area (Å²) in [6.45, 7) is 9.50. The molecule has 0 aliphatic heterocycles. The average molecular weight is 604 g/mol. The van der Waals surface area contributed by atoms with Gasteiger partial charge in [-0.15, -0.1) is 0 Å². The smallest absolute Gasteiger partial charge is 0.480 e. The zero-order valence-electron chi connectivity index (χ0n) is 25.1. The molecular formula is C31H41NO11. The third-order valence-corrected chi connectivity index (χ3v) is 6.26. The highest BCUT2D eigenvalue weighted by Crippen LogP contribution is 2.36. The molecule has 12 heteroatoms. The van der Waals surface area contributed by atoms with Gasteiger partial charge < -0.3 is 39.3 Å². The van der Waals surface area contributed by atoms with E-state index in [2.05, 4.69) is 0 Å². The fourth-order valence-corrected chi connectivity index (χ4v) is 3.85. The Morgan fingerprint density at radius 1 is 0.721 bits per heavy atom. The molecule has 2 aromatic rings. The molecule has 3 atom stereocenters. The van der Waals surface area contributed by atoms with E-state index in [0.29, 0.717) is 24.3 Å². The van der Waals surface area contributed by atoms with E-state index in [9.17, 15) is 24.3 Å². The molecule has 0 spiro atoms.